The molecule has 2 rings (SSSR count). The fraction of sp³-hybridized carbons (Fsp3) is 0.385. The number of aromatic hydroxyl groups is 1. The third kappa shape index (κ3) is 1.82. The largest absolute Gasteiger partial charge is 0.508 e. The van der Waals surface area contributed by atoms with Crippen molar-refractivity contribution in [3.63, 3.8) is 0 Å². The second kappa shape index (κ2) is 3.87. The molecule has 1 aliphatic carbocycles. The summed E-state index contributed by atoms with van der Waals surface area (Å²) in [6.07, 6.45) is 5.90. The Bertz CT molecular complexity index is 352. The minimum atomic E-state index is 0.421. The summed E-state index contributed by atoms with van der Waals surface area (Å²) in [6.45, 7) is 2.17. The Morgan fingerprint density at radius 2 is 2.07 bits per heavy atom. The molecule has 0 spiro atoms. The molecule has 1 N–H and O–H groups in total. The van der Waals surface area contributed by atoms with Gasteiger partial charge in [0, 0.05) is 11.5 Å². The third-order valence-corrected chi connectivity index (χ3v) is 2.91. The van der Waals surface area contributed by atoms with Crippen molar-refractivity contribution in [2.24, 2.45) is 0 Å². The molecule has 1 aromatic rings. The molecule has 0 aliphatic heterocycles. The highest BCUT2D eigenvalue weighted by atomic mass is 16.3. The highest BCUT2D eigenvalue weighted by molar-refractivity contribution is 5.38. The minimum absolute atomic E-state index is 0.421. The summed E-state index contributed by atoms with van der Waals surface area (Å²) in [4.78, 5) is 0. The lowest BCUT2D eigenvalue weighted by Gasteiger charge is -2.20. The van der Waals surface area contributed by atoms with Gasteiger partial charge in [0.05, 0.1) is 0 Å². The van der Waals surface area contributed by atoms with Gasteiger partial charge in [0.1, 0.15) is 5.75 Å². The van der Waals surface area contributed by atoms with Crippen LogP contribution in [-0.4, -0.2) is 5.11 Å². The monoisotopic (exact) mass is 188 g/mol. The Morgan fingerprint density at radius 1 is 1.29 bits per heavy atom. The van der Waals surface area contributed by atoms with E-state index >= 15 is 0 Å². The van der Waals surface area contributed by atoms with Crippen molar-refractivity contribution in [1.29, 1.82) is 0 Å². The molecule has 14 heavy (non-hydrogen) atoms. The van der Waals surface area contributed by atoms with Crippen LogP contribution in [0.5, 0.6) is 5.75 Å². The molecule has 0 heterocycles. The van der Waals surface area contributed by atoms with Crippen molar-refractivity contribution in [2.75, 3.05) is 0 Å². The summed E-state index contributed by atoms with van der Waals surface area (Å²) in [5.41, 5.74) is 2.52. The van der Waals surface area contributed by atoms with Crippen LogP contribution in [0.1, 0.15) is 37.7 Å². The van der Waals surface area contributed by atoms with E-state index in [0.29, 0.717) is 11.7 Å². The molecule has 1 nitrogen and oxygen atoms in total. The van der Waals surface area contributed by atoms with E-state index in [2.05, 4.69) is 13.0 Å². The van der Waals surface area contributed by atoms with Crippen molar-refractivity contribution >= 4 is 0 Å². The lowest BCUT2D eigenvalue weighted by atomic mass is 9.86. The van der Waals surface area contributed by atoms with Gasteiger partial charge in [0.2, 0.25) is 0 Å². The summed E-state index contributed by atoms with van der Waals surface area (Å²) < 4.78 is 0. The molecule has 1 atom stereocenters. The van der Waals surface area contributed by atoms with Crippen LogP contribution in [0.4, 0.5) is 0 Å². The number of hydrogen-bond acceptors (Lipinski definition) is 1. The smallest absolute Gasteiger partial charge is 0.119 e. The summed E-state index contributed by atoms with van der Waals surface area (Å²) >= 11 is 0. The first-order valence-corrected chi connectivity index (χ1v) is 5.22. The molecule has 0 radical (unpaired) electrons. The second-order valence-electron chi connectivity index (χ2n) is 4.07. The maximum atomic E-state index is 9.72. The van der Waals surface area contributed by atoms with E-state index in [4.69, 9.17) is 0 Å². The Kier molecular flexibility index (Phi) is 2.58. The standard InChI is InChI=1S/C13H16O/c1-10-5-4-6-11(9-10)12-7-2-3-8-13(12)14/h2-3,7-9,11,14H,4-6H2,1H3. The van der Waals surface area contributed by atoms with Crippen molar-refractivity contribution in [2.45, 2.75) is 32.1 Å². The number of hydrogen-bond donors (Lipinski definition) is 1. The minimum Gasteiger partial charge on any atom is -0.508 e. The Hall–Kier alpha value is -1.24. The van der Waals surface area contributed by atoms with Crippen LogP contribution in [0.25, 0.3) is 0 Å². The van der Waals surface area contributed by atoms with E-state index in [9.17, 15) is 5.11 Å². The Labute approximate surface area is 85.1 Å². The number of rotatable bonds is 1. The maximum Gasteiger partial charge on any atom is 0.119 e. The molecule has 0 saturated carbocycles. The number of phenols is 1. The topological polar surface area (TPSA) is 20.2 Å². The van der Waals surface area contributed by atoms with Gasteiger partial charge in [-0.3, -0.25) is 0 Å². The van der Waals surface area contributed by atoms with E-state index in [1.807, 2.05) is 18.2 Å². The van der Waals surface area contributed by atoms with E-state index in [0.717, 1.165) is 12.0 Å². The summed E-state index contributed by atoms with van der Waals surface area (Å²) in [7, 11) is 0. The Morgan fingerprint density at radius 3 is 2.79 bits per heavy atom. The molecule has 1 aromatic carbocycles. The zero-order valence-corrected chi connectivity index (χ0v) is 8.53. The average Bonchev–Trinajstić information content (AvgIpc) is 2.18. The van der Waals surface area contributed by atoms with Gasteiger partial charge in [-0.05, 0) is 32.3 Å². The predicted octanol–water partition coefficient (Wildman–Crippen LogP) is 3.61. The van der Waals surface area contributed by atoms with Gasteiger partial charge in [-0.1, -0.05) is 29.8 Å². The van der Waals surface area contributed by atoms with Gasteiger partial charge in [-0.25, -0.2) is 0 Å². The Balaban J connectivity index is 2.31. The average molecular weight is 188 g/mol. The van der Waals surface area contributed by atoms with Crippen LogP contribution in [0.15, 0.2) is 35.9 Å². The van der Waals surface area contributed by atoms with Crippen LogP contribution >= 0.6 is 0 Å². The first kappa shape index (κ1) is 9.32. The molecular weight excluding hydrogens is 172 g/mol. The van der Waals surface area contributed by atoms with Gasteiger partial charge in [0.25, 0.3) is 0 Å². The second-order valence-corrected chi connectivity index (χ2v) is 4.07. The molecule has 0 amide bonds. The van der Waals surface area contributed by atoms with E-state index in [-0.39, 0.29) is 0 Å². The number of allylic oxidation sites excluding steroid dienone is 2. The molecule has 0 fully saturated rings. The van der Waals surface area contributed by atoms with Crippen molar-refractivity contribution < 1.29 is 5.11 Å². The van der Waals surface area contributed by atoms with Gasteiger partial charge in [-0.15, -0.1) is 0 Å². The molecule has 0 saturated heterocycles. The molecule has 74 valence electrons. The highest BCUT2D eigenvalue weighted by Gasteiger charge is 2.15. The summed E-state index contributed by atoms with van der Waals surface area (Å²) in [5, 5.41) is 9.72. The summed E-state index contributed by atoms with van der Waals surface area (Å²) in [6, 6.07) is 7.66. The first-order chi connectivity index (χ1) is 6.77. The predicted molar refractivity (Wildman–Crippen MR) is 58.5 cm³/mol. The maximum absolute atomic E-state index is 9.72. The summed E-state index contributed by atoms with van der Waals surface area (Å²) in [5.74, 6) is 0.855. The van der Waals surface area contributed by atoms with Crippen molar-refractivity contribution in [1.82, 2.24) is 0 Å². The van der Waals surface area contributed by atoms with E-state index in [1.165, 1.54) is 18.4 Å². The van der Waals surface area contributed by atoms with E-state index < -0.39 is 0 Å². The fourth-order valence-corrected chi connectivity index (χ4v) is 2.16. The lowest BCUT2D eigenvalue weighted by Crippen LogP contribution is -2.02. The molecule has 0 bridgehead atoms. The lowest BCUT2D eigenvalue weighted by molar-refractivity contribution is 0.461. The van der Waals surface area contributed by atoms with Gasteiger partial charge >= 0.3 is 0 Å². The first-order valence-electron chi connectivity index (χ1n) is 5.22. The van der Waals surface area contributed by atoms with Gasteiger partial charge in [0.15, 0.2) is 0 Å². The van der Waals surface area contributed by atoms with Crippen molar-refractivity contribution in [3.8, 4) is 5.75 Å². The van der Waals surface area contributed by atoms with E-state index in [1.54, 1.807) is 6.07 Å². The SMILES string of the molecule is CC1=CC(c2ccccc2O)CCC1. The normalized spacial score (nSPS) is 21.8. The quantitative estimate of drug-likeness (QED) is 0.667. The van der Waals surface area contributed by atoms with Gasteiger partial charge < -0.3 is 5.11 Å². The third-order valence-electron chi connectivity index (χ3n) is 2.91. The molecule has 1 heteroatoms. The molecule has 1 aliphatic rings. The number of benzene rings is 1. The van der Waals surface area contributed by atoms with Crippen LogP contribution in [0.2, 0.25) is 0 Å². The number of phenolic OH excluding ortho intramolecular Hbond substituents is 1. The number of para-hydroxylation sites is 1. The molecular formula is C13H16O. The van der Waals surface area contributed by atoms with Gasteiger partial charge in [-0.2, -0.15) is 0 Å². The van der Waals surface area contributed by atoms with Crippen LogP contribution in [-0.2, 0) is 0 Å². The highest BCUT2D eigenvalue weighted by Crippen LogP contribution is 2.34. The van der Waals surface area contributed by atoms with Crippen LogP contribution < -0.4 is 0 Å². The molecule has 1 unspecified atom stereocenters. The fourth-order valence-electron chi connectivity index (χ4n) is 2.16. The van der Waals surface area contributed by atoms with Crippen LogP contribution in [0, 0.1) is 0 Å². The molecule has 0 aromatic heterocycles. The van der Waals surface area contributed by atoms with Crippen LogP contribution in [0.3, 0.4) is 0 Å². The zero-order valence-electron chi connectivity index (χ0n) is 8.53. The zero-order chi connectivity index (χ0) is 9.97. The van der Waals surface area contributed by atoms with Crippen molar-refractivity contribution in [3.05, 3.63) is 41.5 Å².